The van der Waals surface area contributed by atoms with Crippen molar-refractivity contribution in [3.05, 3.63) is 66.8 Å². The van der Waals surface area contributed by atoms with E-state index in [1.807, 2.05) is 19.1 Å². The monoisotopic (exact) mass is 226 g/mol. The van der Waals surface area contributed by atoms with Crippen molar-refractivity contribution >= 4 is 5.57 Å². The van der Waals surface area contributed by atoms with E-state index >= 15 is 0 Å². The Morgan fingerprint density at radius 3 is 2.65 bits per heavy atom. The van der Waals surface area contributed by atoms with E-state index in [0.717, 1.165) is 6.42 Å². The normalized spacial score (nSPS) is 23.2. The maximum absolute atomic E-state index is 5.75. The highest BCUT2D eigenvalue weighted by atomic mass is 16.5. The Morgan fingerprint density at radius 2 is 2.12 bits per heavy atom. The fraction of sp³-hybridized carbons (Fsp3) is 0.250. The molecule has 1 nitrogen and oxygen atoms in total. The molecule has 0 aliphatic heterocycles. The molecule has 2 rings (SSSR count). The number of benzene rings is 1. The molecular weight excluding hydrogens is 208 g/mol. The average Bonchev–Trinajstić information content (AvgIpc) is 2.41. The third kappa shape index (κ3) is 2.56. The molecule has 88 valence electrons. The molecule has 1 unspecified atom stereocenters. The maximum Gasteiger partial charge on any atom is 0.108 e. The summed E-state index contributed by atoms with van der Waals surface area (Å²) in [6, 6.07) is 10.4. The van der Waals surface area contributed by atoms with Gasteiger partial charge >= 0.3 is 0 Å². The van der Waals surface area contributed by atoms with Crippen LogP contribution in [0.4, 0.5) is 0 Å². The van der Waals surface area contributed by atoms with Crippen LogP contribution in [0.2, 0.25) is 0 Å². The number of ether oxygens (including phenoxy) is 1. The topological polar surface area (TPSA) is 9.23 Å². The van der Waals surface area contributed by atoms with E-state index in [9.17, 15) is 0 Å². The van der Waals surface area contributed by atoms with Crippen LogP contribution < -0.4 is 0 Å². The zero-order valence-electron chi connectivity index (χ0n) is 10.2. The summed E-state index contributed by atoms with van der Waals surface area (Å²) in [5, 5.41) is 0. The minimum atomic E-state index is -0.312. The molecule has 1 aromatic rings. The van der Waals surface area contributed by atoms with Gasteiger partial charge in [-0.2, -0.15) is 0 Å². The molecule has 0 spiro atoms. The van der Waals surface area contributed by atoms with Gasteiger partial charge in [-0.25, -0.2) is 0 Å². The van der Waals surface area contributed by atoms with E-state index < -0.39 is 0 Å². The SMILES string of the molecule is C=CC1(OCC)C=CC(c2ccccc2)=CC1. The Labute approximate surface area is 103 Å². The summed E-state index contributed by atoms with van der Waals surface area (Å²) in [7, 11) is 0. The lowest BCUT2D eigenvalue weighted by atomic mass is 9.89. The smallest absolute Gasteiger partial charge is 0.108 e. The van der Waals surface area contributed by atoms with Crippen molar-refractivity contribution in [3.8, 4) is 0 Å². The standard InChI is InChI=1S/C16H18O/c1-3-16(17-4-2)12-10-15(11-13-16)14-8-6-5-7-9-14/h3,5-12H,1,4,13H2,2H3. The van der Waals surface area contributed by atoms with Crippen LogP contribution in [0.25, 0.3) is 5.57 Å². The lowest BCUT2D eigenvalue weighted by molar-refractivity contribution is 0.0385. The number of hydrogen-bond acceptors (Lipinski definition) is 1. The van der Waals surface area contributed by atoms with Crippen LogP contribution in [-0.2, 0) is 4.74 Å². The summed E-state index contributed by atoms with van der Waals surface area (Å²) >= 11 is 0. The van der Waals surface area contributed by atoms with Gasteiger partial charge in [0.2, 0.25) is 0 Å². The largest absolute Gasteiger partial charge is 0.367 e. The van der Waals surface area contributed by atoms with Crippen molar-refractivity contribution < 1.29 is 4.74 Å². The van der Waals surface area contributed by atoms with Gasteiger partial charge in [0, 0.05) is 13.0 Å². The number of hydrogen-bond donors (Lipinski definition) is 0. The van der Waals surface area contributed by atoms with Gasteiger partial charge in [0.25, 0.3) is 0 Å². The van der Waals surface area contributed by atoms with Crippen LogP contribution >= 0.6 is 0 Å². The van der Waals surface area contributed by atoms with E-state index in [2.05, 4.69) is 49.1 Å². The van der Waals surface area contributed by atoms with Crippen molar-refractivity contribution in [1.29, 1.82) is 0 Å². The zero-order valence-corrected chi connectivity index (χ0v) is 10.2. The molecule has 1 aliphatic rings. The van der Waals surface area contributed by atoms with Gasteiger partial charge in [0.05, 0.1) is 0 Å². The molecule has 17 heavy (non-hydrogen) atoms. The zero-order chi connectivity index (χ0) is 12.1. The summed E-state index contributed by atoms with van der Waals surface area (Å²) in [4.78, 5) is 0. The molecule has 0 saturated carbocycles. The van der Waals surface area contributed by atoms with Crippen molar-refractivity contribution in [1.82, 2.24) is 0 Å². The van der Waals surface area contributed by atoms with Crippen molar-refractivity contribution in [3.63, 3.8) is 0 Å². The lowest BCUT2D eigenvalue weighted by Crippen LogP contribution is -2.28. The Morgan fingerprint density at radius 1 is 1.35 bits per heavy atom. The van der Waals surface area contributed by atoms with E-state index in [-0.39, 0.29) is 5.60 Å². The molecule has 0 bridgehead atoms. The second-order valence-corrected chi connectivity index (χ2v) is 4.16. The molecule has 0 aromatic heterocycles. The van der Waals surface area contributed by atoms with Crippen LogP contribution in [-0.4, -0.2) is 12.2 Å². The minimum absolute atomic E-state index is 0.312. The Bertz CT molecular complexity index is 442. The van der Waals surface area contributed by atoms with Crippen LogP contribution in [0.15, 0.2) is 61.2 Å². The maximum atomic E-state index is 5.75. The minimum Gasteiger partial charge on any atom is -0.367 e. The van der Waals surface area contributed by atoms with Gasteiger partial charge in [-0.1, -0.05) is 55.1 Å². The van der Waals surface area contributed by atoms with E-state index in [4.69, 9.17) is 4.74 Å². The summed E-state index contributed by atoms with van der Waals surface area (Å²) in [6.45, 7) is 6.58. The molecule has 0 heterocycles. The summed E-state index contributed by atoms with van der Waals surface area (Å²) in [6.07, 6.45) is 9.17. The Kier molecular flexibility index (Phi) is 3.60. The summed E-state index contributed by atoms with van der Waals surface area (Å²) in [5.74, 6) is 0. The van der Waals surface area contributed by atoms with Crippen LogP contribution in [0.5, 0.6) is 0 Å². The van der Waals surface area contributed by atoms with Crippen LogP contribution in [0.1, 0.15) is 18.9 Å². The third-order valence-electron chi connectivity index (χ3n) is 3.05. The quantitative estimate of drug-likeness (QED) is 0.705. The van der Waals surface area contributed by atoms with Gasteiger partial charge in [-0.15, -0.1) is 0 Å². The molecule has 1 heteroatoms. The van der Waals surface area contributed by atoms with E-state index in [1.54, 1.807) is 0 Å². The first-order valence-electron chi connectivity index (χ1n) is 6.02. The van der Waals surface area contributed by atoms with Crippen molar-refractivity contribution in [2.24, 2.45) is 0 Å². The molecule has 0 amide bonds. The van der Waals surface area contributed by atoms with Crippen LogP contribution in [0.3, 0.4) is 0 Å². The van der Waals surface area contributed by atoms with Crippen molar-refractivity contribution in [2.75, 3.05) is 6.61 Å². The number of rotatable bonds is 4. The Hall–Kier alpha value is -1.60. The third-order valence-corrected chi connectivity index (χ3v) is 3.05. The molecule has 0 N–H and O–H groups in total. The second kappa shape index (κ2) is 5.15. The second-order valence-electron chi connectivity index (χ2n) is 4.16. The predicted molar refractivity (Wildman–Crippen MR) is 72.7 cm³/mol. The average molecular weight is 226 g/mol. The first-order valence-corrected chi connectivity index (χ1v) is 6.02. The molecule has 0 saturated heterocycles. The summed E-state index contributed by atoms with van der Waals surface area (Å²) < 4.78 is 5.75. The highest BCUT2D eigenvalue weighted by molar-refractivity contribution is 5.75. The van der Waals surface area contributed by atoms with Gasteiger partial charge < -0.3 is 4.74 Å². The predicted octanol–water partition coefficient (Wildman–Crippen LogP) is 3.99. The molecule has 0 fully saturated rings. The Balaban J connectivity index is 2.18. The van der Waals surface area contributed by atoms with E-state index in [0.29, 0.717) is 6.61 Å². The van der Waals surface area contributed by atoms with Gasteiger partial charge in [0.15, 0.2) is 0 Å². The highest BCUT2D eigenvalue weighted by Crippen LogP contribution is 2.30. The van der Waals surface area contributed by atoms with Gasteiger partial charge in [0.1, 0.15) is 5.60 Å². The summed E-state index contributed by atoms with van der Waals surface area (Å²) in [5.41, 5.74) is 2.19. The number of allylic oxidation sites excluding steroid dienone is 2. The van der Waals surface area contributed by atoms with Gasteiger partial charge in [-0.3, -0.25) is 0 Å². The fourth-order valence-electron chi connectivity index (χ4n) is 2.07. The highest BCUT2D eigenvalue weighted by Gasteiger charge is 2.24. The molecular formula is C16H18O. The molecule has 1 aromatic carbocycles. The lowest BCUT2D eigenvalue weighted by Gasteiger charge is -2.28. The van der Waals surface area contributed by atoms with Crippen molar-refractivity contribution in [2.45, 2.75) is 18.9 Å². The van der Waals surface area contributed by atoms with Gasteiger partial charge in [-0.05, 0) is 24.1 Å². The first-order chi connectivity index (χ1) is 8.29. The van der Waals surface area contributed by atoms with E-state index in [1.165, 1.54) is 11.1 Å². The fourth-order valence-corrected chi connectivity index (χ4v) is 2.07. The first kappa shape index (κ1) is 11.9. The molecule has 0 radical (unpaired) electrons. The molecule has 1 aliphatic carbocycles. The molecule has 1 atom stereocenters. The van der Waals surface area contributed by atoms with Crippen LogP contribution in [0, 0.1) is 0 Å².